The Labute approximate surface area is 124 Å². The fourth-order valence-electron chi connectivity index (χ4n) is 1.87. The second-order valence-electron chi connectivity index (χ2n) is 4.33. The first-order chi connectivity index (χ1) is 10.4. The van der Waals surface area contributed by atoms with Crippen LogP contribution in [0.3, 0.4) is 0 Å². The van der Waals surface area contributed by atoms with Gasteiger partial charge in [0.05, 0.1) is 0 Å². The summed E-state index contributed by atoms with van der Waals surface area (Å²) in [6, 6.07) is 9.40. The number of nitrogens with two attached hydrogens (primary N) is 1. The fourth-order valence-corrected chi connectivity index (χ4v) is 1.87. The molecule has 0 spiro atoms. The van der Waals surface area contributed by atoms with Gasteiger partial charge in [0, 0.05) is 12.1 Å². The monoisotopic (exact) mass is 315 g/mol. The van der Waals surface area contributed by atoms with Crippen molar-refractivity contribution in [1.82, 2.24) is 0 Å². The molecule has 0 saturated carbocycles. The predicted molar refractivity (Wildman–Crippen MR) is 73.1 cm³/mol. The minimum atomic E-state index is -4.82. The molecule has 0 fully saturated rings. The van der Waals surface area contributed by atoms with Crippen molar-refractivity contribution in [3.8, 4) is 22.6 Å². The third kappa shape index (κ3) is 4.11. The second kappa shape index (κ2) is 6.65. The molecule has 0 saturated heterocycles. The highest BCUT2D eigenvalue weighted by Gasteiger charge is 2.32. The maximum atomic E-state index is 13.9. The van der Waals surface area contributed by atoms with E-state index in [-0.39, 0.29) is 30.0 Å². The first kappa shape index (κ1) is 16.1. The van der Waals surface area contributed by atoms with Crippen molar-refractivity contribution in [2.24, 2.45) is 5.73 Å². The summed E-state index contributed by atoms with van der Waals surface area (Å²) in [6.07, 6.45) is -4.82. The Balaban J connectivity index is 2.34. The maximum absolute atomic E-state index is 13.9. The molecular weight excluding hydrogens is 302 g/mol. The highest BCUT2D eigenvalue weighted by molar-refractivity contribution is 5.71. The van der Waals surface area contributed by atoms with Crippen molar-refractivity contribution in [2.75, 3.05) is 13.2 Å². The van der Waals surface area contributed by atoms with Crippen LogP contribution < -0.4 is 15.2 Å². The molecular formula is C15H13F4NO2. The van der Waals surface area contributed by atoms with Crippen LogP contribution in [0.1, 0.15) is 0 Å². The van der Waals surface area contributed by atoms with Gasteiger partial charge in [0.1, 0.15) is 12.4 Å². The van der Waals surface area contributed by atoms with E-state index in [2.05, 4.69) is 4.74 Å². The average molecular weight is 315 g/mol. The molecule has 2 rings (SSSR count). The number of benzene rings is 2. The van der Waals surface area contributed by atoms with Gasteiger partial charge < -0.3 is 15.2 Å². The van der Waals surface area contributed by atoms with Crippen LogP contribution in [0.5, 0.6) is 11.5 Å². The lowest BCUT2D eigenvalue weighted by Gasteiger charge is -2.14. The summed E-state index contributed by atoms with van der Waals surface area (Å²) in [7, 11) is 0. The van der Waals surface area contributed by atoms with E-state index < -0.39 is 17.9 Å². The van der Waals surface area contributed by atoms with E-state index in [1.54, 1.807) is 0 Å². The smallest absolute Gasteiger partial charge is 0.489 e. The Bertz CT molecular complexity index is 644. The van der Waals surface area contributed by atoms with Gasteiger partial charge in [-0.1, -0.05) is 24.3 Å². The van der Waals surface area contributed by atoms with E-state index in [9.17, 15) is 17.6 Å². The molecule has 0 atom stereocenters. The van der Waals surface area contributed by atoms with Crippen LogP contribution in [0.15, 0.2) is 42.5 Å². The molecule has 0 aliphatic carbocycles. The van der Waals surface area contributed by atoms with Crippen LogP contribution in [0.2, 0.25) is 0 Å². The summed E-state index contributed by atoms with van der Waals surface area (Å²) in [5.74, 6) is -1.10. The van der Waals surface area contributed by atoms with Gasteiger partial charge in [-0.2, -0.15) is 0 Å². The van der Waals surface area contributed by atoms with Crippen LogP contribution in [-0.2, 0) is 0 Å². The molecule has 0 aliphatic heterocycles. The fraction of sp³-hybridized carbons (Fsp3) is 0.200. The van der Waals surface area contributed by atoms with Crippen LogP contribution in [0, 0.1) is 5.82 Å². The highest BCUT2D eigenvalue weighted by Crippen LogP contribution is 2.35. The molecule has 0 amide bonds. The number of alkyl halides is 3. The zero-order valence-corrected chi connectivity index (χ0v) is 11.4. The summed E-state index contributed by atoms with van der Waals surface area (Å²) in [4.78, 5) is 0. The SMILES string of the molecule is NCCOc1ccc(-c2ccccc2OC(F)(F)F)cc1F. The zero-order valence-electron chi connectivity index (χ0n) is 11.4. The summed E-state index contributed by atoms with van der Waals surface area (Å²) >= 11 is 0. The maximum Gasteiger partial charge on any atom is 0.573 e. The van der Waals surface area contributed by atoms with Crippen molar-refractivity contribution in [1.29, 1.82) is 0 Å². The Kier molecular flexibility index (Phi) is 4.87. The molecule has 0 heterocycles. The lowest BCUT2D eigenvalue weighted by atomic mass is 10.0. The quantitative estimate of drug-likeness (QED) is 0.855. The number of ether oxygens (including phenoxy) is 2. The first-order valence-electron chi connectivity index (χ1n) is 6.38. The number of para-hydroxylation sites is 1. The van der Waals surface area contributed by atoms with Gasteiger partial charge in [-0.3, -0.25) is 0 Å². The summed E-state index contributed by atoms with van der Waals surface area (Å²) in [5.41, 5.74) is 5.63. The topological polar surface area (TPSA) is 44.5 Å². The minimum Gasteiger partial charge on any atom is -0.489 e. The van der Waals surface area contributed by atoms with Gasteiger partial charge in [-0.05, 0) is 23.8 Å². The third-order valence-corrected chi connectivity index (χ3v) is 2.73. The Morgan fingerprint density at radius 3 is 2.36 bits per heavy atom. The van der Waals surface area contributed by atoms with E-state index in [1.165, 1.54) is 36.4 Å². The third-order valence-electron chi connectivity index (χ3n) is 2.73. The summed E-state index contributed by atoms with van der Waals surface area (Å²) in [6.45, 7) is 0.369. The van der Waals surface area contributed by atoms with E-state index in [4.69, 9.17) is 10.5 Å². The standard InChI is InChI=1S/C15H13F4NO2/c16-12-9-10(5-6-14(12)21-8-7-20)11-3-1-2-4-13(11)22-15(17,18)19/h1-6,9H,7-8,20H2. The molecule has 7 heteroatoms. The zero-order chi connectivity index (χ0) is 16.2. The molecule has 0 aliphatic rings. The lowest BCUT2D eigenvalue weighted by Crippen LogP contribution is -2.17. The van der Waals surface area contributed by atoms with E-state index in [1.807, 2.05) is 0 Å². The molecule has 22 heavy (non-hydrogen) atoms. The normalized spacial score (nSPS) is 11.3. The van der Waals surface area contributed by atoms with Crippen LogP contribution >= 0.6 is 0 Å². The molecule has 2 aromatic rings. The molecule has 118 valence electrons. The summed E-state index contributed by atoms with van der Waals surface area (Å²) in [5, 5.41) is 0. The second-order valence-corrected chi connectivity index (χ2v) is 4.33. The highest BCUT2D eigenvalue weighted by atomic mass is 19.4. The molecule has 0 radical (unpaired) electrons. The van der Waals surface area contributed by atoms with Gasteiger partial charge in [0.25, 0.3) is 0 Å². The van der Waals surface area contributed by atoms with Crippen molar-refractivity contribution in [3.63, 3.8) is 0 Å². The molecule has 0 unspecified atom stereocenters. The van der Waals surface area contributed by atoms with Gasteiger partial charge in [0.2, 0.25) is 0 Å². The van der Waals surface area contributed by atoms with E-state index in [0.29, 0.717) is 0 Å². The largest absolute Gasteiger partial charge is 0.573 e. The average Bonchev–Trinajstić information content (AvgIpc) is 2.45. The predicted octanol–water partition coefficient (Wildman–Crippen LogP) is 3.73. The van der Waals surface area contributed by atoms with Gasteiger partial charge in [-0.25, -0.2) is 4.39 Å². The molecule has 0 aromatic heterocycles. The van der Waals surface area contributed by atoms with Crippen LogP contribution in [-0.4, -0.2) is 19.5 Å². The Morgan fingerprint density at radius 1 is 1.00 bits per heavy atom. The Morgan fingerprint density at radius 2 is 1.73 bits per heavy atom. The van der Waals surface area contributed by atoms with Gasteiger partial charge in [0.15, 0.2) is 11.6 Å². The van der Waals surface area contributed by atoms with Gasteiger partial charge >= 0.3 is 6.36 Å². The number of halogens is 4. The molecule has 2 N–H and O–H groups in total. The molecule has 3 nitrogen and oxygen atoms in total. The molecule has 2 aromatic carbocycles. The van der Waals surface area contributed by atoms with E-state index in [0.717, 1.165) is 6.07 Å². The first-order valence-corrected chi connectivity index (χ1v) is 6.38. The number of hydrogen-bond acceptors (Lipinski definition) is 3. The van der Waals surface area contributed by atoms with Gasteiger partial charge in [-0.15, -0.1) is 13.2 Å². The van der Waals surface area contributed by atoms with Crippen molar-refractivity contribution >= 4 is 0 Å². The summed E-state index contributed by atoms with van der Waals surface area (Å²) < 4.78 is 60.1. The van der Waals surface area contributed by atoms with Crippen molar-refractivity contribution in [2.45, 2.75) is 6.36 Å². The molecule has 0 bridgehead atoms. The van der Waals surface area contributed by atoms with Crippen LogP contribution in [0.4, 0.5) is 17.6 Å². The van der Waals surface area contributed by atoms with Crippen molar-refractivity contribution < 1.29 is 27.0 Å². The number of hydrogen-bond donors (Lipinski definition) is 1. The van der Waals surface area contributed by atoms with Crippen LogP contribution in [0.25, 0.3) is 11.1 Å². The number of rotatable bonds is 5. The Hall–Kier alpha value is -2.28. The van der Waals surface area contributed by atoms with E-state index >= 15 is 0 Å². The van der Waals surface area contributed by atoms with Crippen molar-refractivity contribution in [3.05, 3.63) is 48.3 Å². The lowest BCUT2D eigenvalue weighted by molar-refractivity contribution is -0.274. The minimum absolute atomic E-state index is 0.0107.